The van der Waals surface area contributed by atoms with Crippen LogP contribution in [0.1, 0.15) is 12.8 Å². The van der Waals surface area contributed by atoms with Crippen molar-refractivity contribution in [3.8, 4) is 0 Å². The van der Waals surface area contributed by atoms with E-state index in [-0.39, 0.29) is 0 Å². The molecule has 0 spiro atoms. The zero-order valence-corrected chi connectivity index (χ0v) is 9.00. The van der Waals surface area contributed by atoms with Crippen molar-refractivity contribution in [3.63, 3.8) is 0 Å². The maximum atomic E-state index is 5.41. The van der Waals surface area contributed by atoms with E-state index in [4.69, 9.17) is 9.47 Å². The molecule has 14 heavy (non-hydrogen) atoms. The predicted octanol–water partition coefficient (Wildman–Crippen LogP) is 0.895. The summed E-state index contributed by atoms with van der Waals surface area (Å²) in [5.41, 5.74) is 0. The van der Waals surface area contributed by atoms with Crippen LogP contribution < -0.4 is 5.32 Å². The van der Waals surface area contributed by atoms with Crippen molar-refractivity contribution in [2.24, 2.45) is 17.8 Å². The van der Waals surface area contributed by atoms with Gasteiger partial charge in [-0.15, -0.1) is 0 Å². The molecule has 3 heteroatoms. The molecule has 0 aromatic rings. The van der Waals surface area contributed by atoms with Crippen molar-refractivity contribution < 1.29 is 9.47 Å². The quantitative estimate of drug-likeness (QED) is 0.645. The highest BCUT2D eigenvalue weighted by atomic mass is 16.5. The number of hydrogen-bond donors (Lipinski definition) is 1. The Morgan fingerprint density at radius 1 is 1.50 bits per heavy atom. The molecule has 1 saturated heterocycles. The minimum atomic E-state index is 0.823. The highest BCUT2D eigenvalue weighted by Crippen LogP contribution is 2.46. The maximum Gasteiger partial charge on any atom is 0.0587 e. The van der Waals surface area contributed by atoms with Gasteiger partial charge in [-0.3, -0.25) is 0 Å². The lowest BCUT2D eigenvalue weighted by Gasteiger charge is -2.07. The Morgan fingerprint density at radius 3 is 3.14 bits per heavy atom. The zero-order valence-electron chi connectivity index (χ0n) is 9.00. The molecule has 2 fully saturated rings. The molecule has 82 valence electrons. The molecule has 3 atom stereocenters. The SMILES string of the molecule is COCCNCC1CC1C1CCOC1. The molecule has 1 heterocycles. The van der Waals surface area contributed by atoms with Gasteiger partial charge in [0, 0.05) is 26.9 Å². The van der Waals surface area contributed by atoms with Crippen LogP contribution in [-0.4, -0.2) is 40.0 Å². The topological polar surface area (TPSA) is 30.5 Å². The number of methoxy groups -OCH3 is 1. The van der Waals surface area contributed by atoms with E-state index in [0.29, 0.717) is 0 Å². The molecule has 1 aliphatic heterocycles. The Morgan fingerprint density at radius 2 is 2.43 bits per heavy atom. The van der Waals surface area contributed by atoms with Crippen LogP contribution in [0.25, 0.3) is 0 Å². The molecule has 0 aromatic heterocycles. The van der Waals surface area contributed by atoms with Crippen LogP contribution in [-0.2, 0) is 9.47 Å². The van der Waals surface area contributed by atoms with Gasteiger partial charge in [0.05, 0.1) is 6.61 Å². The molecule has 0 aromatic carbocycles. The van der Waals surface area contributed by atoms with E-state index < -0.39 is 0 Å². The number of nitrogens with one attached hydrogen (secondary N) is 1. The molecule has 3 nitrogen and oxygen atoms in total. The second-order valence-electron chi connectivity index (χ2n) is 4.48. The van der Waals surface area contributed by atoms with Gasteiger partial charge in [0.25, 0.3) is 0 Å². The summed E-state index contributed by atoms with van der Waals surface area (Å²) in [6.45, 7) is 4.99. The van der Waals surface area contributed by atoms with Crippen LogP contribution >= 0.6 is 0 Å². The number of ether oxygens (including phenoxy) is 2. The van der Waals surface area contributed by atoms with E-state index in [9.17, 15) is 0 Å². The first kappa shape index (κ1) is 10.4. The molecule has 3 unspecified atom stereocenters. The van der Waals surface area contributed by atoms with Gasteiger partial charge in [0.2, 0.25) is 0 Å². The summed E-state index contributed by atoms with van der Waals surface area (Å²) < 4.78 is 10.4. The molecule has 1 N–H and O–H groups in total. The standard InChI is InChI=1S/C11H21NO2/c1-13-5-3-12-7-10-6-11(10)9-2-4-14-8-9/h9-12H,2-8H2,1H3. The van der Waals surface area contributed by atoms with Crippen LogP contribution in [0.2, 0.25) is 0 Å². The Hall–Kier alpha value is -0.120. The van der Waals surface area contributed by atoms with Gasteiger partial charge in [-0.2, -0.15) is 0 Å². The lowest BCUT2D eigenvalue weighted by Crippen LogP contribution is -2.22. The third kappa shape index (κ3) is 2.69. The molecular formula is C11H21NO2. The Labute approximate surface area is 86.2 Å². The Bertz CT molecular complexity index is 169. The third-order valence-corrected chi connectivity index (χ3v) is 3.44. The normalized spacial score (nSPS) is 36.2. The van der Waals surface area contributed by atoms with Gasteiger partial charge in [-0.05, 0) is 37.1 Å². The van der Waals surface area contributed by atoms with Crippen molar-refractivity contribution in [1.29, 1.82) is 0 Å². The van der Waals surface area contributed by atoms with Gasteiger partial charge in [-0.1, -0.05) is 0 Å². The van der Waals surface area contributed by atoms with E-state index in [1.54, 1.807) is 7.11 Å². The fraction of sp³-hybridized carbons (Fsp3) is 1.00. The highest BCUT2D eigenvalue weighted by molar-refractivity contribution is 4.93. The summed E-state index contributed by atoms with van der Waals surface area (Å²) >= 11 is 0. The second-order valence-corrected chi connectivity index (χ2v) is 4.48. The van der Waals surface area contributed by atoms with Crippen molar-refractivity contribution in [1.82, 2.24) is 5.32 Å². The Balaban J connectivity index is 1.53. The summed E-state index contributed by atoms with van der Waals surface area (Å²) in [7, 11) is 1.75. The van der Waals surface area contributed by atoms with Crippen molar-refractivity contribution >= 4 is 0 Å². The molecule has 1 aliphatic carbocycles. The van der Waals surface area contributed by atoms with Crippen LogP contribution in [0.3, 0.4) is 0 Å². The lowest BCUT2D eigenvalue weighted by molar-refractivity contribution is 0.180. The lowest BCUT2D eigenvalue weighted by atomic mass is 10.0. The van der Waals surface area contributed by atoms with Crippen molar-refractivity contribution in [2.75, 3.05) is 40.0 Å². The summed E-state index contributed by atoms with van der Waals surface area (Å²) in [6.07, 6.45) is 2.70. The van der Waals surface area contributed by atoms with Crippen molar-refractivity contribution in [2.45, 2.75) is 12.8 Å². The first-order valence-corrected chi connectivity index (χ1v) is 5.69. The maximum absolute atomic E-state index is 5.41. The molecule has 2 aliphatic rings. The fourth-order valence-electron chi connectivity index (χ4n) is 2.44. The van der Waals surface area contributed by atoms with Crippen LogP contribution in [0, 0.1) is 17.8 Å². The minimum absolute atomic E-state index is 0.823. The first-order valence-electron chi connectivity index (χ1n) is 5.69. The molecule has 2 rings (SSSR count). The number of hydrogen-bond acceptors (Lipinski definition) is 3. The second kappa shape index (κ2) is 5.10. The van der Waals surface area contributed by atoms with Crippen LogP contribution in [0.15, 0.2) is 0 Å². The monoisotopic (exact) mass is 199 g/mol. The van der Waals surface area contributed by atoms with Crippen LogP contribution in [0.5, 0.6) is 0 Å². The van der Waals surface area contributed by atoms with E-state index in [2.05, 4.69) is 5.32 Å². The molecule has 0 radical (unpaired) electrons. The molecular weight excluding hydrogens is 178 g/mol. The van der Waals surface area contributed by atoms with Gasteiger partial charge >= 0.3 is 0 Å². The first-order chi connectivity index (χ1) is 6.92. The average Bonchev–Trinajstić information content (AvgIpc) is 2.77. The van der Waals surface area contributed by atoms with Crippen LogP contribution in [0.4, 0.5) is 0 Å². The van der Waals surface area contributed by atoms with E-state index in [1.165, 1.54) is 19.4 Å². The van der Waals surface area contributed by atoms with Gasteiger partial charge in [0.15, 0.2) is 0 Å². The predicted molar refractivity (Wildman–Crippen MR) is 55.3 cm³/mol. The minimum Gasteiger partial charge on any atom is -0.383 e. The zero-order chi connectivity index (χ0) is 9.80. The highest BCUT2D eigenvalue weighted by Gasteiger charge is 2.43. The van der Waals surface area contributed by atoms with Crippen molar-refractivity contribution in [3.05, 3.63) is 0 Å². The molecule has 0 amide bonds. The summed E-state index contributed by atoms with van der Waals surface area (Å²) in [5.74, 6) is 2.73. The van der Waals surface area contributed by atoms with E-state index in [1.807, 2.05) is 0 Å². The molecule has 1 saturated carbocycles. The smallest absolute Gasteiger partial charge is 0.0587 e. The molecule has 0 bridgehead atoms. The average molecular weight is 199 g/mol. The third-order valence-electron chi connectivity index (χ3n) is 3.44. The van der Waals surface area contributed by atoms with E-state index in [0.717, 1.165) is 44.1 Å². The van der Waals surface area contributed by atoms with Gasteiger partial charge < -0.3 is 14.8 Å². The summed E-state index contributed by atoms with van der Waals surface area (Å²) in [4.78, 5) is 0. The number of rotatable bonds is 6. The summed E-state index contributed by atoms with van der Waals surface area (Å²) in [5, 5.41) is 3.44. The fourth-order valence-corrected chi connectivity index (χ4v) is 2.44. The Kier molecular flexibility index (Phi) is 3.79. The van der Waals surface area contributed by atoms with Gasteiger partial charge in [0.1, 0.15) is 0 Å². The van der Waals surface area contributed by atoms with Gasteiger partial charge in [-0.25, -0.2) is 0 Å². The largest absolute Gasteiger partial charge is 0.383 e. The van der Waals surface area contributed by atoms with E-state index >= 15 is 0 Å². The summed E-state index contributed by atoms with van der Waals surface area (Å²) in [6, 6.07) is 0.